The van der Waals surface area contributed by atoms with Crippen LogP contribution >= 0.6 is 0 Å². The van der Waals surface area contributed by atoms with Crippen LogP contribution in [0, 0.1) is 0 Å². The van der Waals surface area contributed by atoms with Gasteiger partial charge in [0.1, 0.15) is 12.2 Å². The van der Waals surface area contributed by atoms with Crippen LogP contribution in [0.25, 0.3) is 0 Å². The lowest BCUT2D eigenvalue weighted by atomic mass is 9.82. The molecule has 2 bridgehead atoms. The molecule has 2 aliphatic carbocycles. The van der Waals surface area contributed by atoms with Gasteiger partial charge in [-0.15, -0.1) is 0 Å². The van der Waals surface area contributed by atoms with Crippen molar-refractivity contribution in [2.45, 2.75) is 74.6 Å². The van der Waals surface area contributed by atoms with Crippen molar-refractivity contribution in [3.05, 3.63) is 0 Å². The van der Waals surface area contributed by atoms with Crippen LogP contribution in [0.4, 0.5) is 0 Å². The highest BCUT2D eigenvalue weighted by Crippen LogP contribution is 2.49. The second-order valence-corrected chi connectivity index (χ2v) is 6.09. The van der Waals surface area contributed by atoms with Crippen molar-refractivity contribution in [3.63, 3.8) is 0 Å². The Balaban J connectivity index is 1.59. The Kier molecular flexibility index (Phi) is 2.16. The van der Waals surface area contributed by atoms with Gasteiger partial charge in [-0.3, -0.25) is 0 Å². The Labute approximate surface area is 105 Å². The third-order valence-electron chi connectivity index (χ3n) is 4.78. The van der Waals surface area contributed by atoms with E-state index in [1.807, 2.05) is 0 Å². The molecule has 1 spiro atoms. The average molecular weight is 254 g/mol. The summed E-state index contributed by atoms with van der Waals surface area (Å²) >= 11 is 0. The summed E-state index contributed by atoms with van der Waals surface area (Å²) in [6, 6.07) is 0. The van der Waals surface area contributed by atoms with Crippen LogP contribution in [0.3, 0.4) is 0 Å². The summed E-state index contributed by atoms with van der Waals surface area (Å²) < 4.78 is 17.4. The van der Waals surface area contributed by atoms with Crippen LogP contribution in [0.2, 0.25) is 0 Å². The van der Waals surface area contributed by atoms with Crippen LogP contribution in [-0.2, 0) is 19.0 Å². The smallest absolute Gasteiger partial charge is 0.338 e. The van der Waals surface area contributed by atoms with E-state index in [-0.39, 0.29) is 18.3 Å². The number of hydrogen-bond donors (Lipinski definition) is 1. The number of fused-ring (bicyclic) bond motifs is 4. The maximum Gasteiger partial charge on any atom is 0.338 e. The van der Waals surface area contributed by atoms with Gasteiger partial charge in [0.05, 0.1) is 6.10 Å². The van der Waals surface area contributed by atoms with Crippen molar-refractivity contribution in [3.8, 4) is 0 Å². The van der Waals surface area contributed by atoms with Crippen molar-refractivity contribution in [1.29, 1.82) is 0 Å². The van der Waals surface area contributed by atoms with Gasteiger partial charge in [-0.25, -0.2) is 4.79 Å². The average Bonchev–Trinajstić information content (AvgIpc) is 2.79. The summed E-state index contributed by atoms with van der Waals surface area (Å²) in [5.41, 5.74) is -1.34. The molecule has 0 aromatic carbocycles. The van der Waals surface area contributed by atoms with E-state index in [9.17, 15) is 9.90 Å². The Morgan fingerprint density at radius 3 is 2.56 bits per heavy atom. The van der Waals surface area contributed by atoms with Crippen LogP contribution in [0.1, 0.15) is 44.9 Å². The number of carbonyl (C=O) groups is 1. The minimum absolute atomic E-state index is 0.185. The lowest BCUT2D eigenvalue weighted by Gasteiger charge is -2.32. The molecule has 2 heterocycles. The van der Waals surface area contributed by atoms with Crippen LogP contribution in [0.15, 0.2) is 0 Å². The molecule has 100 valence electrons. The van der Waals surface area contributed by atoms with Crippen LogP contribution in [0.5, 0.6) is 0 Å². The van der Waals surface area contributed by atoms with E-state index in [0.717, 1.165) is 25.7 Å². The van der Waals surface area contributed by atoms with Gasteiger partial charge in [0.2, 0.25) is 0 Å². The molecule has 0 unspecified atom stereocenters. The summed E-state index contributed by atoms with van der Waals surface area (Å²) in [5.74, 6) is -0.979. The van der Waals surface area contributed by atoms with Gasteiger partial charge in [-0.2, -0.15) is 0 Å². The fraction of sp³-hybridized carbons (Fsp3) is 0.923. The standard InChI is InChI=1S/C13H18O5/c14-11-12(15)6-8(16-11)10-9(7-12)17-13(18-10)4-2-1-3-5-13/h8-10,15H,1-7H2/t8-,9+,10-,12+/m0/s1. The van der Waals surface area contributed by atoms with Gasteiger partial charge in [-0.1, -0.05) is 6.42 Å². The first-order valence-corrected chi connectivity index (χ1v) is 6.89. The largest absolute Gasteiger partial charge is 0.457 e. The molecule has 0 amide bonds. The molecule has 1 N–H and O–H groups in total. The van der Waals surface area contributed by atoms with E-state index in [1.165, 1.54) is 6.42 Å². The van der Waals surface area contributed by atoms with Gasteiger partial charge >= 0.3 is 5.97 Å². The molecule has 2 aliphatic heterocycles. The van der Waals surface area contributed by atoms with E-state index in [4.69, 9.17) is 14.2 Å². The van der Waals surface area contributed by atoms with E-state index >= 15 is 0 Å². The summed E-state index contributed by atoms with van der Waals surface area (Å²) in [6.45, 7) is 0. The fourth-order valence-electron chi connectivity index (χ4n) is 3.88. The molecule has 4 rings (SSSR count). The Bertz CT molecular complexity index is 389. The molecule has 2 saturated carbocycles. The van der Waals surface area contributed by atoms with Crippen LogP contribution in [-0.4, -0.2) is 40.8 Å². The Hall–Kier alpha value is -0.650. The molecule has 4 aliphatic rings. The SMILES string of the molecule is O=C1O[C@H]2C[C@@]1(O)C[C@H]1OC3(CCCCC3)O[C@@H]21. The zero-order chi connectivity index (χ0) is 12.4. The fourth-order valence-corrected chi connectivity index (χ4v) is 3.88. The highest BCUT2D eigenvalue weighted by Gasteiger charge is 2.63. The monoisotopic (exact) mass is 254 g/mol. The molecule has 18 heavy (non-hydrogen) atoms. The zero-order valence-corrected chi connectivity index (χ0v) is 10.3. The van der Waals surface area contributed by atoms with Gasteiger partial charge in [0.25, 0.3) is 0 Å². The van der Waals surface area contributed by atoms with Crippen molar-refractivity contribution < 1.29 is 24.1 Å². The first-order valence-electron chi connectivity index (χ1n) is 6.89. The van der Waals surface area contributed by atoms with Crippen molar-refractivity contribution in [2.24, 2.45) is 0 Å². The van der Waals surface area contributed by atoms with E-state index in [2.05, 4.69) is 0 Å². The second-order valence-electron chi connectivity index (χ2n) is 6.09. The Morgan fingerprint density at radius 1 is 1.06 bits per heavy atom. The molecule has 2 saturated heterocycles. The molecule has 4 fully saturated rings. The normalized spacial score (nSPS) is 49.2. The first-order chi connectivity index (χ1) is 8.60. The molecule has 5 nitrogen and oxygen atoms in total. The zero-order valence-electron chi connectivity index (χ0n) is 10.3. The summed E-state index contributed by atoms with van der Waals surface area (Å²) in [4.78, 5) is 11.6. The highest BCUT2D eigenvalue weighted by atomic mass is 16.8. The molecule has 5 heteroatoms. The number of ether oxygens (including phenoxy) is 3. The van der Waals surface area contributed by atoms with E-state index < -0.39 is 17.4 Å². The first kappa shape index (κ1) is 11.2. The maximum atomic E-state index is 11.6. The van der Waals surface area contributed by atoms with Gasteiger partial charge in [0, 0.05) is 25.7 Å². The molecular weight excluding hydrogens is 236 g/mol. The quantitative estimate of drug-likeness (QED) is 0.650. The van der Waals surface area contributed by atoms with Gasteiger partial charge in [-0.05, 0) is 12.8 Å². The van der Waals surface area contributed by atoms with Gasteiger partial charge < -0.3 is 19.3 Å². The number of carbonyl (C=O) groups excluding carboxylic acids is 1. The summed E-state index contributed by atoms with van der Waals surface area (Å²) in [5, 5.41) is 10.2. The number of rotatable bonds is 0. The third-order valence-corrected chi connectivity index (χ3v) is 4.78. The maximum absolute atomic E-state index is 11.6. The molecule has 0 aromatic rings. The minimum atomic E-state index is -1.34. The topological polar surface area (TPSA) is 65.0 Å². The third kappa shape index (κ3) is 1.41. The number of hydrogen-bond acceptors (Lipinski definition) is 5. The van der Waals surface area contributed by atoms with Crippen molar-refractivity contribution in [2.75, 3.05) is 0 Å². The molecular formula is C13H18O5. The van der Waals surface area contributed by atoms with Gasteiger partial charge in [0.15, 0.2) is 11.4 Å². The van der Waals surface area contributed by atoms with Crippen LogP contribution < -0.4 is 0 Å². The predicted molar refractivity (Wildman–Crippen MR) is 59.6 cm³/mol. The molecule has 0 radical (unpaired) electrons. The lowest BCUT2D eigenvalue weighted by molar-refractivity contribution is -0.203. The lowest BCUT2D eigenvalue weighted by Crippen LogP contribution is -2.47. The number of esters is 1. The number of aliphatic hydroxyl groups is 1. The molecule has 4 atom stereocenters. The summed E-state index contributed by atoms with van der Waals surface area (Å²) in [7, 11) is 0. The predicted octanol–water partition coefficient (Wildman–Crippen LogP) is 0.881. The minimum Gasteiger partial charge on any atom is -0.457 e. The molecule has 0 aromatic heterocycles. The highest BCUT2D eigenvalue weighted by molar-refractivity contribution is 5.82. The van der Waals surface area contributed by atoms with E-state index in [1.54, 1.807) is 0 Å². The van der Waals surface area contributed by atoms with E-state index in [0.29, 0.717) is 12.8 Å². The summed E-state index contributed by atoms with van der Waals surface area (Å²) in [6.07, 6.45) is 5.25. The van der Waals surface area contributed by atoms with Crippen molar-refractivity contribution >= 4 is 5.97 Å². The Morgan fingerprint density at radius 2 is 1.78 bits per heavy atom. The van der Waals surface area contributed by atoms with Crippen molar-refractivity contribution in [1.82, 2.24) is 0 Å². The second kappa shape index (κ2) is 3.46.